The highest BCUT2D eigenvalue weighted by Gasteiger charge is 2.31. The summed E-state index contributed by atoms with van der Waals surface area (Å²) >= 11 is 0. The quantitative estimate of drug-likeness (QED) is 0.857. The Balaban J connectivity index is 1.90. The molecule has 0 unspecified atom stereocenters. The summed E-state index contributed by atoms with van der Waals surface area (Å²) in [4.78, 5) is 19.5. The molecule has 0 N–H and O–H groups in total. The van der Waals surface area contributed by atoms with E-state index in [0.29, 0.717) is 38.4 Å². The maximum atomic E-state index is 12.5. The first-order valence-corrected chi connectivity index (χ1v) is 7.48. The number of aromatic nitrogens is 1. The van der Waals surface area contributed by atoms with Gasteiger partial charge in [-0.05, 0) is 18.6 Å². The first kappa shape index (κ1) is 16.6. The zero-order chi connectivity index (χ0) is 16.2. The van der Waals surface area contributed by atoms with Crippen LogP contribution in [0.1, 0.15) is 31.7 Å². The van der Waals surface area contributed by atoms with Gasteiger partial charge in [-0.2, -0.15) is 13.2 Å². The zero-order valence-corrected chi connectivity index (χ0v) is 12.6. The van der Waals surface area contributed by atoms with Gasteiger partial charge in [-0.15, -0.1) is 0 Å². The number of carbonyl (C=O) groups is 1. The lowest BCUT2D eigenvalue weighted by Crippen LogP contribution is -2.49. The van der Waals surface area contributed by atoms with Gasteiger partial charge in [0.1, 0.15) is 5.82 Å². The fourth-order valence-corrected chi connectivity index (χ4v) is 2.41. The highest BCUT2D eigenvalue weighted by atomic mass is 19.4. The van der Waals surface area contributed by atoms with Crippen molar-refractivity contribution in [2.75, 3.05) is 31.1 Å². The molecule has 1 saturated heterocycles. The molecule has 1 aromatic heterocycles. The van der Waals surface area contributed by atoms with Crippen LogP contribution in [0.5, 0.6) is 0 Å². The van der Waals surface area contributed by atoms with Crippen molar-refractivity contribution < 1.29 is 18.0 Å². The standard InChI is InChI=1S/C15H20F3N3O/c1-2-3-4-14(22)21-9-7-20(8-10-21)13-6-5-12(11-19-13)15(16,17)18/h5-6,11H,2-4,7-10H2,1H3. The summed E-state index contributed by atoms with van der Waals surface area (Å²) in [5, 5.41) is 0. The SMILES string of the molecule is CCCCC(=O)N1CCN(c2ccc(C(F)(F)F)cn2)CC1. The van der Waals surface area contributed by atoms with E-state index in [9.17, 15) is 18.0 Å². The molecule has 0 aliphatic carbocycles. The van der Waals surface area contributed by atoms with E-state index in [1.807, 2.05) is 16.7 Å². The minimum atomic E-state index is -4.37. The van der Waals surface area contributed by atoms with Crippen LogP contribution >= 0.6 is 0 Å². The molecule has 4 nitrogen and oxygen atoms in total. The predicted molar refractivity (Wildman–Crippen MR) is 77.6 cm³/mol. The summed E-state index contributed by atoms with van der Waals surface area (Å²) < 4.78 is 37.5. The fourth-order valence-electron chi connectivity index (χ4n) is 2.41. The number of alkyl halides is 3. The van der Waals surface area contributed by atoms with Gasteiger partial charge in [0.2, 0.25) is 5.91 Å². The van der Waals surface area contributed by atoms with E-state index in [1.54, 1.807) is 0 Å². The number of hydrogen-bond donors (Lipinski definition) is 0. The van der Waals surface area contributed by atoms with Crippen LogP contribution in [-0.2, 0) is 11.0 Å². The van der Waals surface area contributed by atoms with Gasteiger partial charge in [-0.25, -0.2) is 4.98 Å². The largest absolute Gasteiger partial charge is 0.417 e. The van der Waals surface area contributed by atoms with E-state index in [4.69, 9.17) is 0 Å². The van der Waals surface area contributed by atoms with Crippen LogP contribution in [0, 0.1) is 0 Å². The Morgan fingerprint density at radius 3 is 2.41 bits per heavy atom. The fraction of sp³-hybridized carbons (Fsp3) is 0.600. The van der Waals surface area contributed by atoms with E-state index >= 15 is 0 Å². The van der Waals surface area contributed by atoms with E-state index in [-0.39, 0.29) is 5.91 Å². The van der Waals surface area contributed by atoms with Crippen LogP contribution in [0.3, 0.4) is 0 Å². The molecule has 1 aliphatic heterocycles. The molecule has 1 aromatic rings. The molecule has 0 spiro atoms. The molecule has 2 rings (SSSR count). The van der Waals surface area contributed by atoms with Crippen molar-refractivity contribution in [1.29, 1.82) is 0 Å². The van der Waals surface area contributed by atoms with Crippen LogP contribution in [0.2, 0.25) is 0 Å². The number of nitrogens with zero attached hydrogens (tertiary/aromatic N) is 3. The second-order valence-electron chi connectivity index (χ2n) is 5.37. The number of unbranched alkanes of at least 4 members (excludes halogenated alkanes) is 1. The molecule has 0 radical (unpaired) electrons. The number of anilines is 1. The summed E-state index contributed by atoms with van der Waals surface area (Å²) in [6.07, 6.45) is -1.07. The molecule has 7 heteroatoms. The molecule has 0 atom stereocenters. The monoisotopic (exact) mass is 315 g/mol. The van der Waals surface area contributed by atoms with Crippen LogP contribution < -0.4 is 4.90 Å². The molecule has 22 heavy (non-hydrogen) atoms. The highest BCUT2D eigenvalue weighted by molar-refractivity contribution is 5.76. The normalized spacial score (nSPS) is 16.0. The van der Waals surface area contributed by atoms with Crippen LogP contribution in [0.25, 0.3) is 0 Å². The Kier molecular flexibility index (Phi) is 5.26. The van der Waals surface area contributed by atoms with Crippen molar-refractivity contribution in [1.82, 2.24) is 9.88 Å². The summed E-state index contributed by atoms with van der Waals surface area (Å²) in [7, 11) is 0. The van der Waals surface area contributed by atoms with Gasteiger partial charge in [0.15, 0.2) is 0 Å². The Hall–Kier alpha value is -1.79. The van der Waals surface area contributed by atoms with Crippen LogP contribution in [0.15, 0.2) is 18.3 Å². The first-order valence-electron chi connectivity index (χ1n) is 7.48. The minimum Gasteiger partial charge on any atom is -0.353 e. The number of piperazine rings is 1. The van der Waals surface area contributed by atoms with Crippen molar-refractivity contribution in [3.05, 3.63) is 23.9 Å². The van der Waals surface area contributed by atoms with Crippen molar-refractivity contribution in [3.63, 3.8) is 0 Å². The average molecular weight is 315 g/mol. The van der Waals surface area contributed by atoms with Gasteiger partial charge < -0.3 is 9.80 Å². The molecular weight excluding hydrogens is 295 g/mol. The van der Waals surface area contributed by atoms with Crippen molar-refractivity contribution >= 4 is 11.7 Å². The van der Waals surface area contributed by atoms with Crippen molar-refractivity contribution in [3.8, 4) is 0 Å². The third-order valence-corrected chi connectivity index (χ3v) is 3.78. The molecular formula is C15H20F3N3O. The summed E-state index contributed by atoms with van der Waals surface area (Å²) in [5.41, 5.74) is -0.746. The molecule has 0 saturated carbocycles. The maximum absolute atomic E-state index is 12.5. The Morgan fingerprint density at radius 1 is 1.23 bits per heavy atom. The van der Waals surface area contributed by atoms with Gasteiger partial charge in [-0.1, -0.05) is 13.3 Å². The Bertz CT molecular complexity index is 494. The number of pyridine rings is 1. The molecule has 1 fully saturated rings. The zero-order valence-electron chi connectivity index (χ0n) is 12.6. The maximum Gasteiger partial charge on any atom is 0.417 e. The van der Waals surface area contributed by atoms with E-state index in [0.717, 1.165) is 25.1 Å². The minimum absolute atomic E-state index is 0.155. The summed E-state index contributed by atoms with van der Waals surface area (Å²) in [5.74, 6) is 0.676. The number of rotatable bonds is 4. The second kappa shape index (κ2) is 6.98. The van der Waals surface area contributed by atoms with Crippen molar-refractivity contribution in [2.45, 2.75) is 32.4 Å². The van der Waals surface area contributed by atoms with E-state index in [2.05, 4.69) is 4.98 Å². The van der Waals surface area contributed by atoms with Gasteiger partial charge >= 0.3 is 6.18 Å². The highest BCUT2D eigenvalue weighted by Crippen LogP contribution is 2.29. The summed E-state index contributed by atoms with van der Waals surface area (Å²) in [6, 6.07) is 2.43. The number of halogens is 3. The van der Waals surface area contributed by atoms with Crippen LogP contribution in [0.4, 0.5) is 19.0 Å². The van der Waals surface area contributed by atoms with E-state index < -0.39 is 11.7 Å². The van der Waals surface area contributed by atoms with Crippen LogP contribution in [-0.4, -0.2) is 42.0 Å². The third-order valence-electron chi connectivity index (χ3n) is 3.78. The molecule has 1 amide bonds. The Labute approximate surface area is 127 Å². The molecule has 2 heterocycles. The number of carbonyl (C=O) groups excluding carboxylic acids is 1. The molecule has 122 valence electrons. The predicted octanol–water partition coefficient (Wildman–Crippen LogP) is 2.94. The lowest BCUT2D eigenvalue weighted by molar-refractivity contribution is -0.137. The van der Waals surface area contributed by atoms with Crippen molar-refractivity contribution in [2.24, 2.45) is 0 Å². The number of amides is 1. The van der Waals surface area contributed by atoms with Gasteiger partial charge in [-0.3, -0.25) is 4.79 Å². The van der Waals surface area contributed by atoms with Gasteiger partial charge in [0.05, 0.1) is 5.56 Å². The Morgan fingerprint density at radius 2 is 1.91 bits per heavy atom. The molecule has 0 aromatic carbocycles. The smallest absolute Gasteiger partial charge is 0.353 e. The lowest BCUT2D eigenvalue weighted by atomic mass is 10.2. The summed E-state index contributed by atoms with van der Waals surface area (Å²) in [6.45, 7) is 4.41. The first-order chi connectivity index (χ1) is 10.4. The molecule has 0 bridgehead atoms. The van der Waals surface area contributed by atoms with Gasteiger partial charge in [0, 0.05) is 38.8 Å². The molecule has 1 aliphatic rings. The topological polar surface area (TPSA) is 36.4 Å². The average Bonchev–Trinajstić information content (AvgIpc) is 2.52. The number of hydrogen-bond acceptors (Lipinski definition) is 3. The second-order valence-corrected chi connectivity index (χ2v) is 5.37. The van der Waals surface area contributed by atoms with Gasteiger partial charge in [0.25, 0.3) is 0 Å². The lowest BCUT2D eigenvalue weighted by Gasteiger charge is -2.35. The van der Waals surface area contributed by atoms with E-state index in [1.165, 1.54) is 6.07 Å². The third kappa shape index (κ3) is 4.11.